The molecule has 2 unspecified atom stereocenters. The van der Waals surface area contributed by atoms with Crippen molar-refractivity contribution in [3.05, 3.63) is 28.8 Å². The summed E-state index contributed by atoms with van der Waals surface area (Å²) in [7, 11) is 0. The van der Waals surface area contributed by atoms with Gasteiger partial charge >= 0.3 is 6.03 Å². The highest BCUT2D eigenvalue weighted by molar-refractivity contribution is 6.33. The summed E-state index contributed by atoms with van der Waals surface area (Å²) in [6, 6.07) is 5.27. The third-order valence-corrected chi connectivity index (χ3v) is 4.24. The highest BCUT2D eigenvalue weighted by atomic mass is 35.5. The minimum Gasteiger partial charge on any atom is -0.369 e. The second-order valence-corrected chi connectivity index (χ2v) is 6.00. The Balaban J connectivity index is 2.11. The van der Waals surface area contributed by atoms with Gasteiger partial charge in [0.1, 0.15) is 0 Å². The second kappa shape index (κ2) is 6.35. The number of rotatable bonds is 2. The Kier molecular flexibility index (Phi) is 4.73. The number of hydrogen-bond donors (Lipinski definition) is 2. The molecule has 0 bridgehead atoms. The maximum absolute atomic E-state index is 12.4. The molecule has 21 heavy (non-hydrogen) atoms. The van der Waals surface area contributed by atoms with Crippen LogP contribution in [-0.4, -0.2) is 29.4 Å². The molecular formula is C15H20ClN3O2. The molecule has 1 aromatic rings. The van der Waals surface area contributed by atoms with Gasteiger partial charge < -0.3 is 16.0 Å². The predicted molar refractivity (Wildman–Crippen MR) is 83.3 cm³/mol. The highest BCUT2D eigenvalue weighted by Crippen LogP contribution is 2.26. The van der Waals surface area contributed by atoms with E-state index in [1.165, 1.54) is 0 Å². The van der Waals surface area contributed by atoms with E-state index in [-0.39, 0.29) is 23.9 Å². The third kappa shape index (κ3) is 3.67. The molecule has 1 aliphatic rings. The summed E-state index contributed by atoms with van der Waals surface area (Å²) in [5.74, 6) is -0.631. The van der Waals surface area contributed by atoms with Crippen LogP contribution in [0.4, 0.5) is 10.5 Å². The van der Waals surface area contributed by atoms with Crippen molar-refractivity contribution >= 4 is 29.2 Å². The van der Waals surface area contributed by atoms with Gasteiger partial charge in [0, 0.05) is 12.6 Å². The van der Waals surface area contributed by atoms with Gasteiger partial charge in [0.05, 0.1) is 16.6 Å². The number of primary amides is 1. The molecule has 3 amide bonds. The Morgan fingerprint density at radius 1 is 1.38 bits per heavy atom. The van der Waals surface area contributed by atoms with Crippen LogP contribution in [0, 0.1) is 12.8 Å². The Morgan fingerprint density at radius 2 is 2.10 bits per heavy atom. The van der Waals surface area contributed by atoms with Crippen LogP contribution in [-0.2, 0) is 4.79 Å². The summed E-state index contributed by atoms with van der Waals surface area (Å²) in [5.41, 5.74) is 6.94. The van der Waals surface area contributed by atoms with Crippen molar-refractivity contribution in [2.75, 3.05) is 11.9 Å². The van der Waals surface area contributed by atoms with E-state index in [1.807, 2.05) is 26.0 Å². The summed E-state index contributed by atoms with van der Waals surface area (Å²) < 4.78 is 0. The maximum atomic E-state index is 12.4. The fourth-order valence-electron chi connectivity index (χ4n) is 2.54. The lowest BCUT2D eigenvalue weighted by atomic mass is 9.93. The molecule has 5 nitrogen and oxygen atoms in total. The maximum Gasteiger partial charge on any atom is 0.322 e. The molecule has 6 heteroatoms. The van der Waals surface area contributed by atoms with Crippen LogP contribution < -0.4 is 11.1 Å². The number of nitrogens with two attached hydrogens (primary N) is 1. The van der Waals surface area contributed by atoms with Crippen molar-refractivity contribution in [2.45, 2.75) is 32.7 Å². The fraction of sp³-hybridized carbons (Fsp3) is 0.467. The number of amides is 3. The molecule has 1 aromatic carbocycles. The number of nitrogens with one attached hydrogen (secondary N) is 1. The normalized spacial score (nSPS) is 22.0. The molecule has 2 atom stereocenters. The van der Waals surface area contributed by atoms with Gasteiger partial charge in [0.25, 0.3) is 0 Å². The van der Waals surface area contributed by atoms with Crippen LogP contribution in [0.3, 0.4) is 0 Å². The number of benzene rings is 1. The van der Waals surface area contributed by atoms with E-state index >= 15 is 0 Å². The summed E-state index contributed by atoms with van der Waals surface area (Å²) in [6.45, 7) is 4.25. The van der Waals surface area contributed by atoms with E-state index in [0.717, 1.165) is 18.4 Å². The molecule has 1 heterocycles. The van der Waals surface area contributed by atoms with Crippen molar-refractivity contribution in [1.29, 1.82) is 0 Å². The molecule has 0 saturated carbocycles. The van der Waals surface area contributed by atoms with Gasteiger partial charge in [-0.1, -0.05) is 17.7 Å². The van der Waals surface area contributed by atoms with E-state index in [0.29, 0.717) is 17.3 Å². The van der Waals surface area contributed by atoms with Crippen LogP contribution >= 0.6 is 11.6 Å². The smallest absolute Gasteiger partial charge is 0.322 e. The van der Waals surface area contributed by atoms with E-state index in [4.69, 9.17) is 17.3 Å². The molecule has 0 aliphatic carbocycles. The first-order chi connectivity index (χ1) is 9.88. The molecule has 2 rings (SSSR count). The second-order valence-electron chi connectivity index (χ2n) is 5.59. The first kappa shape index (κ1) is 15.6. The van der Waals surface area contributed by atoms with E-state index in [9.17, 15) is 9.59 Å². The van der Waals surface area contributed by atoms with E-state index in [1.54, 1.807) is 11.0 Å². The summed E-state index contributed by atoms with van der Waals surface area (Å²) in [5, 5.41) is 3.30. The van der Waals surface area contributed by atoms with Crippen LogP contribution in [0.25, 0.3) is 0 Å². The molecule has 1 saturated heterocycles. The minimum atomic E-state index is -0.353. The van der Waals surface area contributed by atoms with Gasteiger partial charge in [-0.3, -0.25) is 4.79 Å². The van der Waals surface area contributed by atoms with Gasteiger partial charge in [-0.05, 0) is 44.4 Å². The average Bonchev–Trinajstić information content (AvgIpc) is 2.43. The van der Waals surface area contributed by atoms with Gasteiger partial charge in [-0.15, -0.1) is 0 Å². The molecule has 0 aromatic heterocycles. The van der Waals surface area contributed by atoms with Crippen LogP contribution in [0.1, 0.15) is 25.3 Å². The zero-order chi connectivity index (χ0) is 15.6. The Bertz CT molecular complexity index is 562. The summed E-state index contributed by atoms with van der Waals surface area (Å²) in [4.78, 5) is 25.4. The van der Waals surface area contributed by atoms with Crippen LogP contribution in [0.2, 0.25) is 5.02 Å². The standard InChI is InChI=1S/C15H20ClN3O2/c1-9-3-6-12(16)13(7-9)18-15(21)19-8-11(14(17)20)5-4-10(19)2/h3,6-7,10-11H,4-5,8H2,1-2H3,(H2,17,20)(H,18,21). The van der Waals surface area contributed by atoms with Crippen molar-refractivity contribution in [1.82, 2.24) is 4.90 Å². The number of nitrogens with zero attached hydrogens (tertiary/aromatic N) is 1. The summed E-state index contributed by atoms with van der Waals surface area (Å²) >= 11 is 6.09. The Labute approximate surface area is 129 Å². The molecule has 3 N–H and O–H groups in total. The predicted octanol–water partition coefficient (Wildman–Crippen LogP) is 2.77. The van der Waals surface area contributed by atoms with Crippen molar-refractivity contribution in [2.24, 2.45) is 11.7 Å². The number of carbonyl (C=O) groups excluding carboxylic acids is 2. The van der Waals surface area contributed by atoms with Crippen molar-refractivity contribution in [3.63, 3.8) is 0 Å². The van der Waals surface area contributed by atoms with E-state index < -0.39 is 0 Å². The van der Waals surface area contributed by atoms with Crippen LogP contribution in [0.15, 0.2) is 18.2 Å². The highest BCUT2D eigenvalue weighted by Gasteiger charge is 2.31. The SMILES string of the molecule is Cc1ccc(Cl)c(NC(=O)N2CC(C(N)=O)CCC2C)c1. The first-order valence-electron chi connectivity index (χ1n) is 7.01. The zero-order valence-electron chi connectivity index (χ0n) is 12.2. The largest absolute Gasteiger partial charge is 0.369 e. The van der Waals surface area contributed by atoms with Gasteiger partial charge in [-0.25, -0.2) is 4.79 Å². The molecule has 0 radical (unpaired) electrons. The number of aryl methyl sites for hydroxylation is 1. The number of likely N-dealkylation sites (tertiary alicyclic amines) is 1. The number of urea groups is 1. The number of hydrogen-bond acceptors (Lipinski definition) is 2. The van der Waals surface area contributed by atoms with Gasteiger partial charge in [0.15, 0.2) is 0 Å². The average molecular weight is 310 g/mol. The summed E-state index contributed by atoms with van der Waals surface area (Å²) in [6.07, 6.45) is 1.49. The monoisotopic (exact) mass is 309 g/mol. The number of carbonyl (C=O) groups is 2. The zero-order valence-corrected chi connectivity index (χ0v) is 13.0. The molecular weight excluding hydrogens is 290 g/mol. The van der Waals surface area contributed by atoms with Gasteiger partial charge in [0.2, 0.25) is 5.91 Å². The lowest BCUT2D eigenvalue weighted by molar-refractivity contribution is -0.123. The number of anilines is 1. The first-order valence-corrected chi connectivity index (χ1v) is 7.39. The van der Waals surface area contributed by atoms with Gasteiger partial charge in [-0.2, -0.15) is 0 Å². The van der Waals surface area contributed by atoms with Crippen molar-refractivity contribution in [3.8, 4) is 0 Å². The minimum absolute atomic E-state index is 0.0733. The van der Waals surface area contributed by atoms with Crippen molar-refractivity contribution < 1.29 is 9.59 Å². The molecule has 1 aliphatic heterocycles. The number of halogens is 1. The topological polar surface area (TPSA) is 75.4 Å². The number of piperidine rings is 1. The third-order valence-electron chi connectivity index (χ3n) is 3.91. The molecule has 1 fully saturated rings. The Morgan fingerprint density at radius 3 is 2.76 bits per heavy atom. The lowest BCUT2D eigenvalue weighted by Crippen LogP contribution is -2.50. The lowest BCUT2D eigenvalue weighted by Gasteiger charge is -2.36. The van der Waals surface area contributed by atoms with E-state index in [2.05, 4.69) is 5.32 Å². The molecule has 0 spiro atoms. The van der Waals surface area contributed by atoms with Crippen LogP contribution in [0.5, 0.6) is 0 Å². The Hall–Kier alpha value is -1.75. The molecule has 114 valence electrons. The quantitative estimate of drug-likeness (QED) is 0.881. The fourth-order valence-corrected chi connectivity index (χ4v) is 2.71.